The van der Waals surface area contributed by atoms with Gasteiger partial charge in [0.2, 0.25) is 0 Å². The van der Waals surface area contributed by atoms with Gasteiger partial charge in [0.15, 0.2) is 5.52 Å². The lowest BCUT2D eigenvalue weighted by molar-refractivity contribution is 0.567. The molecule has 0 saturated heterocycles. The largest absolute Gasteiger partial charge is 0.421 e. The molecule has 98 valence electrons. The van der Waals surface area contributed by atoms with Crippen LogP contribution in [0.3, 0.4) is 0 Å². The summed E-state index contributed by atoms with van der Waals surface area (Å²) < 4.78 is 7.34. The summed E-state index contributed by atoms with van der Waals surface area (Å²) in [4.78, 5) is 16.1. The summed E-state index contributed by atoms with van der Waals surface area (Å²) in [6, 6.07) is 7.61. The summed E-state index contributed by atoms with van der Waals surface area (Å²) >= 11 is 0. The van der Waals surface area contributed by atoms with Crippen molar-refractivity contribution >= 4 is 22.0 Å². The third-order valence-corrected chi connectivity index (χ3v) is 3.38. The second kappa shape index (κ2) is 4.88. The van der Waals surface area contributed by atoms with Gasteiger partial charge in [-0.1, -0.05) is 31.9 Å². The molecule has 2 aromatic heterocycles. The van der Waals surface area contributed by atoms with Crippen LogP contribution in [0.2, 0.25) is 0 Å². The van der Waals surface area contributed by atoms with Crippen LogP contribution in [0.15, 0.2) is 39.8 Å². The van der Waals surface area contributed by atoms with E-state index in [0.717, 1.165) is 23.9 Å². The van der Waals surface area contributed by atoms with Gasteiger partial charge in [-0.3, -0.25) is 0 Å². The molecule has 0 bridgehead atoms. The minimum atomic E-state index is -0.358. The Kier molecular flexibility index (Phi) is 3.07. The molecule has 3 rings (SSSR count). The molecule has 0 unspecified atom stereocenters. The van der Waals surface area contributed by atoms with Crippen molar-refractivity contribution in [3.8, 4) is 0 Å². The van der Waals surface area contributed by atoms with Gasteiger partial charge >= 0.3 is 5.63 Å². The first-order valence-corrected chi connectivity index (χ1v) is 6.68. The number of rotatable bonds is 4. The molecule has 0 N–H and O–H groups in total. The van der Waals surface area contributed by atoms with Crippen molar-refractivity contribution in [2.45, 2.75) is 32.7 Å². The Morgan fingerprint density at radius 1 is 1.26 bits per heavy atom. The van der Waals surface area contributed by atoms with Crippen LogP contribution in [0.25, 0.3) is 22.0 Å². The molecule has 0 amide bonds. The maximum Gasteiger partial charge on any atom is 0.364 e. The number of fused-ring (bicyclic) bond motifs is 3. The topological polar surface area (TPSA) is 48.0 Å². The molecule has 0 spiro atoms. The predicted molar refractivity (Wildman–Crippen MR) is 75.3 cm³/mol. The number of unbranched alkanes of at least 4 members (excludes halogenated alkanes) is 2. The van der Waals surface area contributed by atoms with Crippen molar-refractivity contribution in [2.24, 2.45) is 0 Å². The third kappa shape index (κ3) is 2.03. The van der Waals surface area contributed by atoms with Crippen molar-refractivity contribution in [3.05, 3.63) is 41.0 Å². The number of hydrogen-bond acceptors (Lipinski definition) is 3. The molecule has 0 fully saturated rings. The van der Waals surface area contributed by atoms with Crippen LogP contribution in [0.4, 0.5) is 0 Å². The van der Waals surface area contributed by atoms with Crippen LogP contribution < -0.4 is 5.63 Å². The van der Waals surface area contributed by atoms with Gasteiger partial charge in [0.25, 0.3) is 0 Å². The van der Waals surface area contributed by atoms with Gasteiger partial charge < -0.3 is 8.98 Å². The first-order chi connectivity index (χ1) is 9.31. The van der Waals surface area contributed by atoms with E-state index < -0.39 is 0 Å². The molecule has 0 atom stereocenters. The second-order valence-electron chi connectivity index (χ2n) is 4.73. The number of hydrogen-bond donors (Lipinski definition) is 0. The Morgan fingerprint density at radius 3 is 2.95 bits per heavy atom. The Labute approximate surface area is 110 Å². The smallest absolute Gasteiger partial charge is 0.364 e. The Bertz CT molecular complexity index is 771. The molecule has 0 saturated carbocycles. The average molecular weight is 256 g/mol. The number of nitrogens with zero attached hydrogens (tertiary/aromatic N) is 2. The van der Waals surface area contributed by atoms with E-state index >= 15 is 0 Å². The van der Waals surface area contributed by atoms with Gasteiger partial charge in [0, 0.05) is 11.9 Å². The summed E-state index contributed by atoms with van der Waals surface area (Å²) in [6.45, 7) is 3.06. The summed E-state index contributed by atoms with van der Waals surface area (Å²) in [5, 5.41) is 0.950. The minimum absolute atomic E-state index is 0.358. The van der Waals surface area contributed by atoms with Gasteiger partial charge in [-0.25, -0.2) is 9.78 Å². The summed E-state index contributed by atoms with van der Waals surface area (Å²) in [7, 11) is 0. The maximum absolute atomic E-state index is 11.9. The molecule has 4 nitrogen and oxygen atoms in total. The summed E-state index contributed by atoms with van der Waals surface area (Å²) in [6.07, 6.45) is 5.19. The molecular weight excluding hydrogens is 240 g/mol. The zero-order valence-electron chi connectivity index (χ0n) is 10.9. The number of aryl methyl sites for hydroxylation is 1. The van der Waals surface area contributed by atoms with E-state index in [0.29, 0.717) is 11.1 Å². The van der Waals surface area contributed by atoms with E-state index in [9.17, 15) is 4.79 Å². The van der Waals surface area contributed by atoms with Crippen LogP contribution in [0.1, 0.15) is 26.2 Å². The van der Waals surface area contributed by atoms with E-state index in [2.05, 4.69) is 16.5 Å². The molecule has 0 radical (unpaired) electrons. The first-order valence-electron chi connectivity index (χ1n) is 6.68. The molecule has 0 aliphatic heterocycles. The third-order valence-electron chi connectivity index (χ3n) is 3.38. The Balaban J connectivity index is 2.21. The second-order valence-corrected chi connectivity index (χ2v) is 4.73. The van der Waals surface area contributed by atoms with E-state index in [1.165, 1.54) is 12.8 Å². The maximum atomic E-state index is 11.9. The molecule has 19 heavy (non-hydrogen) atoms. The highest BCUT2D eigenvalue weighted by molar-refractivity contribution is 6.00. The van der Waals surface area contributed by atoms with E-state index in [-0.39, 0.29) is 5.63 Å². The van der Waals surface area contributed by atoms with E-state index in [1.54, 1.807) is 6.33 Å². The quantitative estimate of drug-likeness (QED) is 0.531. The number of aromatic nitrogens is 2. The first kappa shape index (κ1) is 12.0. The molecule has 0 aliphatic carbocycles. The van der Waals surface area contributed by atoms with E-state index in [4.69, 9.17) is 4.42 Å². The standard InChI is InChI=1S/C15H16N2O2/c1-2-3-6-9-17-10-16-13-14(17)11-7-4-5-8-12(11)19-15(13)18/h4-5,7-8,10H,2-3,6,9H2,1H3. The Hall–Kier alpha value is -2.10. The van der Waals surface area contributed by atoms with Gasteiger partial charge in [-0.05, 0) is 18.6 Å². The van der Waals surface area contributed by atoms with Crippen molar-refractivity contribution in [3.63, 3.8) is 0 Å². The zero-order valence-corrected chi connectivity index (χ0v) is 10.9. The van der Waals surface area contributed by atoms with Gasteiger partial charge in [0.1, 0.15) is 5.58 Å². The number of imidazole rings is 1. The van der Waals surface area contributed by atoms with Gasteiger partial charge in [-0.2, -0.15) is 0 Å². The van der Waals surface area contributed by atoms with Crippen molar-refractivity contribution in [2.75, 3.05) is 0 Å². The molecular formula is C15H16N2O2. The molecule has 2 heterocycles. The fourth-order valence-corrected chi connectivity index (χ4v) is 2.42. The highest BCUT2D eigenvalue weighted by atomic mass is 16.4. The predicted octanol–water partition coefficient (Wildman–Crippen LogP) is 3.33. The lowest BCUT2D eigenvalue weighted by atomic mass is 10.2. The fraction of sp³-hybridized carbons (Fsp3) is 0.333. The summed E-state index contributed by atoms with van der Waals surface area (Å²) in [5.41, 5.74) is 1.58. The average Bonchev–Trinajstić information content (AvgIpc) is 2.84. The normalized spacial score (nSPS) is 11.4. The van der Waals surface area contributed by atoms with Crippen LogP contribution in [-0.2, 0) is 6.54 Å². The number of benzene rings is 1. The molecule has 3 aromatic rings. The SMILES string of the molecule is CCCCCn1cnc2c(=O)oc3ccccc3c21. The molecule has 1 aromatic carbocycles. The van der Waals surface area contributed by atoms with Crippen LogP contribution in [0, 0.1) is 0 Å². The zero-order chi connectivity index (χ0) is 13.2. The molecule has 0 aliphatic rings. The molecule has 4 heteroatoms. The Morgan fingerprint density at radius 2 is 2.11 bits per heavy atom. The summed E-state index contributed by atoms with van der Waals surface area (Å²) in [5.74, 6) is 0. The number of para-hydroxylation sites is 1. The van der Waals surface area contributed by atoms with Crippen LogP contribution in [-0.4, -0.2) is 9.55 Å². The fourth-order valence-electron chi connectivity index (χ4n) is 2.42. The van der Waals surface area contributed by atoms with Crippen molar-refractivity contribution in [1.29, 1.82) is 0 Å². The highest BCUT2D eigenvalue weighted by Gasteiger charge is 2.12. The highest BCUT2D eigenvalue weighted by Crippen LogP contribution is 2.22. The van der Waals surface area contributed by atoms with E-state index in [1.807, 2.05) is 24.3 Å². The van der Waals surface area contributed by atoms with Crippen molar-refractivity contribution < 1.29 is 4.42 Å². The lowest BCUT2D eigenvalue weighted by Crippen LogP contribution is -2.02. The van der Waals surface area contributed by atoms with Crippen LogP contribution in [0.5, 0.6) is 0 Å². The minimum Gasteiger partial charge on any atom is -0.421 e. The van der Waals surface area contributed by atoms with Crippen molar-refractivity contribution in [1.82, 2.24) is 9.55 Å². The lowest BCUT2D eigenvalue weighted by Gasteiger charge is -2.05. The van der Waals surface area contributed by atoms with Gasteiger partial charge in [0.05, 0.1) is 11.8 Å². The monoisotopic (exact) mass is 256 g/mol. The van der Waals surface area contributed by atoms with Crippen LogP contribution >= 0.6 is 0 Å². The van der Waals surface area contributed by atoms with Gasteiger partial charge in [-0.15, -0.1) is 0 Å².